The van der Waals surface area contributed by atoms with Gasteiger partial charge in [0, 0.05) is 18.7 Å². The van der Waals surface area contributed by atoms with Gasteiger partial charge in [-0.15, -0.1) is 0 Å². The first-order valence-electron chi connectivity index (χ1n) is 6.62. The van der Waals surface area contributed by atoms with Gasteiger partial charge < -0.3 is 16.0 Å². The van der Waals surface area contributed by atoms with Crippen molar-refractivity contribution in [3.63, 3.8) is 0 Å². The number of anilines is 3. The van der Waals surface area contributed by atoms with Crippen LogP contribution in [0.5, 0.6) is 0 Å². The van der Waals surface area contributed by atoms with Gasteiger partial charge in [-0.05, 0) is 13.0 Å². The summed E-state index contributed by atoms with van der Waals surface area (Å²) in [7, 11) is 0. The largest absolute Gasteiger partial charge is 0.366 e. The van der Waals surface area contributed by atoms with Crippen LogP contribution in [0.4, 0.5) is 17.5 Å². The Balaban J connectivity index is 1.68. The van der Waals surface area contributed by atoms with E-state index in [9.17, 15) is 0 Å². The standard InChI is InChI=1S/C13H14N8/c14-4-10-6-17-13(7-16-10)21-12-3-11(18-8-19-12)20-9-1-2-15-5-9/h3,6-9,15H,1-2,5H2,(H2,17,18,19,20,21)/t9-/m0/s1. The molecule has 106 valence electrons. The third-order valence-electron chi connectivity index (χ3n) is 3.10. The van der Waals surface area contributed by atoms with E-state index in [0.717, 1.165) is 25.3 Å². The van der Waals surface area contributed by atoms with Crippen LogP contribution in [0.3, 0.4) is 0 Å². The van der Waals surface area contributed by atoms with E-state index in [1.807, 2.05) is 12.1 Å². The number of aromatic nitrogens is 4. The van der Waals surface area contributed by atoms with Crippen molar-refractivity contribution in [1.82, 2.24) is 25.3 Å². The van der Waals surface area contributed by atoms with Crippen molar-refractivity contribution in [2.24, 2.45) is 0 Å². The van der Waals surface area contributed by atoms with E-state index < -0.39 is 0 Å². The molecule has 8 heteroatoms. The van der Waals surface area contributed by atoms with Crippen LogP contribution in [-0.4, -0.2) is 39.1 Å². The molecular formula is C13H14N8. The van der Waals surface area contributed by atoms with Crippen LogP contribution in [0.1, 0.15) is 12.1 Å². The van der Waals surface area contributed by atoms with Crippen LogP contribution in [0.2, 0.25) is 0 Å². The van der Waals surface area contributed by atoms with Crippen LogP contribution in [0, 0.1) is 11.3 Å². The number of hydrogen-bond donors (Lipinski definition) is 3. The van der Waals surface area contributed by atoms with Gasteiger partial charge in [0.1, 0.15) is 29.9 Å². The number of nitrogens with one attached hydrogen (secondary N) is 3. The molecule has 0 unspecified atom stereocenters. The molecule has 0 saturated carbocycles. The third kappa shape index (κ3) is 3.40. The summed E-state index contributed by atoms with van der Waals surface area (Å²) < 4.78 is 0. The average Bonchev–Trinajstić information content (AvgIpc) is 3.01. The lowest BCUT2D eigenvalue weighted by Crippen LogP contribution is -2.22. The van der Waals surface area contributed by atoms with Crippen LogP contribution in [-0.2, 0) is 0 Å². The van der Waals surface area contributed by atoms with Gasteiger partial charge in [0.15, 0.2) is 5.69 Å². The minimum absolute atomic E-state index is 0.277. The quantitative estimate of drug-likeness (QED) is 0.749. The van der Waals surface area contributed by atoms with Gasteiger partial charge in [-0.2, -0.15) is 5.26 Å². The van der Waals surface area contributed by atoms with Crippen molar-refractivity contribution in [3.8, 4) is 6.07 Å². The molecule has 1 aliphatic heterocycles. The van der Waals surface area contributed by atoms with Crippen molar-refractivity contribution < 1.29 is 0 Å². The van der Waals surface area contributed by atoms with Crippen molar-refractivity contribution in [3.05, 3.63) is 30.5 Å². The molecule has 3 N–H and O–H groups in total. The van der Waals surface area contributed by atoms with E-state index in [-0.39, 0.29) is 5.69 Å². The van der Waals surface area contributed by atoms with Crippen LogP contribution in [0.15, 0.2) is 24.8 Å². The van der Waals surface area contributed by atoms with Crippen molar-refractivity contribution in [2.75, 3.05) is 23.7 Å². The molecule has 0 radical (unpaired) electrons. The summed E-state index contributed by atoms with van der Waals surface area (Å²) in [6.45, 7) is 1.96. The normalized spacial score (nSPS) is 17.2. The predicted molar refractivity (Wildman–Crippen MR) is 77.0 cm³/mol. The van der Waals surface area contributed by atoms with Gasteiger partial charge in [-0.1, -0.05) is 0 Å². The third-order valence-corrected chi connectivity index (χ3v) is 3.10. The Morgan fingerprint density at radius 2 is 2.05 bits per heavy atom. The molecule has 0 aromatic carbocycles. The van der Waals surface area contributed by atoms with E-state index in [2.05, 4.69) is 35.9 Å². The summed E-state index contributed by atoms with van der Waals surface area (Å²) in [5.41, 5.74) is 0.277. The molecule has 1 saturated heterocycles. The number of nitrogens with zero attached hydrogens (tertiary/aromatic N) is 5. The highest BCUT2D eigenvalue weighted by atomic mass is 15.1. The molecule has 1 fully saturated rings. The maximum Gasteiger partial charge on any atom is 0.158 e. The molecule has 21 heavy (non-hydrogen) atoms. The number of hydrogen-bond acceptors (Lipinski definition) is 8. The van der Waals surface area contributed by atoms with Crippen molar-refractivity contribution in [1.29, 1.82) is 5.26 Å². The first-order valence-corrected chi connectivity index (χ1v) is 6.62. The smallest absolute Gasteiger partial charge is 0.158 e. The van der Waals surface area contributed by atoms with Gasteiger partial charge in [0.2, 0.25) is 0 Å². The minimum Gasteiger partial charge on any atom is -0.366 e. The van der Waals surface area contributed by atoms with Crippen LogP contribution < -0.4 is 16.0 Å². The summed E-state index contributed by atoms with van der Waals surface area (Å²) >= 11 is 0. The summed E-state index contributed by atoms with van der Waals surface area (Å²) in [5, 5.41) is 18.4. The highest BCUT2D eigenvalue weighted by molar-refractivity contribution is 5.55. The monoisotopic (exact) mass is 282 g/mol. The zero-order valence-electron chi connectivity index (χ0n) is 11.2. The lowest BCUT2D eigenvalue weighted by Gasteiger charge is -2.12. The molecule has 0 bridgehead atoms. The van der Waals surface area contributed by atoms with E-state index >= 15 is 0 Å². The zero-order chi connectivity index (χ0) is 14.5. The van der Waals surface area contributed by atoms with Gasteiger partial charge in [0.25, 0.3) is 0 Å². The second-order valence-corrected chi connectivity index (χ2v) is 4.65. The SMILES string of the molecule is N#Cc1cnc(Nc2cc(N[C@H]3CCNC3)ncn2)cn1. The summed E-state index contributed by atoms with van der Waals surface area (Å²) in [6, 6.07) is 4.13. The van der Waals surface area contributed by atoms with Gasteiger partial charge in [0.05, 0.1) is 12.4 Å². The predicted octanol–water partition coefficient (Wildman–Crippen LogP) is 0.656. The number of rotatable bonds is 4. The molecule has 1 aliphatic rings. The van der Waals surface area contributed by atoms with Gasteiger partial charge in [-0.25, -0.2) is 19.9 Å². The zero-order valence-corrected chi connectivity index (χ0v) is 11.2. The van der Waals surface area contributed by atoms with E-state index in [1.165, 1.54) is 18.7 Å². The molecule has 3 heterocycles. The first kappa shape index (κ1) is 13.2. The Bertz CT molecular complexity index is 642. The number of nitriles is 1. The highest BCUT2D eigenvalue weighted by Gasteiger charge is 2.14. The molecule has 3 rings (SSSR count). The molecule has 0 aliphatic carbocycles. The fraction of sp³-hybridized carbons (Fsp3) is 0.308. The van der Waals surface area contributed by atoms with Crippen LogP contribution >= 0.6 is 0 Å². The highest BCUT2D eigenvalue weighted by Crippen LogP contribution is 2.15. The summed E-state index contributed by atoms with van der Waals surface area (Å²) in [5.74, 6) is 1.92. The fourth-order valence-corrected chi connectivity index (χ4v) is 2.07. The van der Waals surface area contributed by atoms with Crippen molar-refractivity contribution in [2.45, 2.75) is 12.5 Å². The Morgan fingerprint density at radius 3 is 2.76 bits per heavy atom. The molecule has 8 nitrogen and oxygen atoms in total. The summed E-state index contributed by atoms with van der Waals surface area (Å²) in [4.78, 5) is 16.4. The molecule has 0 amide bonds. The van der Waals surface area contributed by atoms with E-state index in [0.29, 0.717) is 17.7 Å². The van der Waals surface area contributed by atoms with Crippen molar-refractivity contribution >= 4 is 17.5 Å². The Hall–Kier alpha value is -2.79. The molecule has 2 aromatic heterocycles. The Kier molecular flexibility index (Phi) is 3.84. The molecule has 1 atom stereocenters. The van der Waals surface area contributed by atoms with Gasteiger partial charge >= 0.3 is 0 Å². The maximum atomic E-state index is 8.68. The lowest BCUT2D eigenvalue weighted by molar-refractivity contribution is 0.787. The minimum atomic E-state index is 0.277. The van der Waals surface area contributed by atoms with Gasteiger partial charge in [-0.3, -0.25) is 0 Å². The van der Waals surface area contributed by atoms with E-state index in [4.69, 9.17) is 5.26 Å². The first-order chi connectivity index (χ1) is 10.3. The second-order valence-electron chi connectivity index (χ2n) is 4.65. The molecule has 0 spiro atoms. The van der Waals surface area contributed by atoms with Crippen LogP contribution in [0.25, 0.3) is 0 Å². The molecular weight excluding hydrogens is 268 g/mol. The molecule has 2 aromatic rings. The fourth-order valence-electron chi connectivity index (χ4n) is 2.07. The second kappa shape index (κ2) is 6.11. The summed E-state index contributed by atoms with van der Waals surface area (Å²) in [6.07, 6.45) is 5.47. The van der Waals surface area contributed by atoms with E-state index in [1.54, 1.807) is 0 Å². The topological polar surface area (TPSA) is 111 Å². The maximum absolute atomic E-state index is 8.68. The Labute approximate surface area is 121 Å². The average molecular weight is 282 g/mol. The lowest BCUT2D eigenvalue weighted by atomic mass is 10.2. The Morgan fingerprint density at radius 1 is 1.14 bits per heavy atom.